The molecule has 0 spiro atoms. The predicted molar refractivity (Wildman–Crippen MR) is 107 cm³/mol. The molecule has 0 saturated heterocycles. The third kappa shape index (κ3) is 5.64. The number of aliphatic imine (C=N–C) groups is 1. The van der Waals surface area contributed by atoms with E-state index in [1.54, 1.807) is 0 Å². The van der Waals surface area contributed by atoms with Gasteiger partial charge in [0.1, 0.15) is 0 Å². The van der Waals surface area contributed by atoms with Crippen LogP contribution >= 0.6 is 24.0 Å². The summed E-state index contributed by atoms with van der Waals surface area (Å²) in [6.07, 6.45) is 6.31. The van der Waals surface area contributed by atoms with Crippen molar-refractivity contribution in [2.75, 3.05) is 26.2 Å². The summed E-state index contributed by atoms with van der Waals surface area (Å²) in [4.78, 5) is 6.96. The van der Waals surface area contributed by atoms with E-state index in [0.29, 0.717) is 5.96 Å². The molecule has 1 fully saturated rings. The average Bonchev–Trinajstić information content (AvgIpc) is 2.50. The Morgan fingerprint density at radius 1 is 1.26 bits per heavy atom. The predicted octanol–water partition coefficient (Wildman–Crippen LogP) is 2.76. The Bertz CT molecular complexity index is 513. The zero-order valence-corrected chi connectivity index (χ0v) is 16.2. The van der Waals surface area contributed by atoms with E-state index < -0.39 is 0 Å². The highest BCUT2D eigenvalue weighted by molar-refractivity contribution is 14.0. The highest BCUT2D eigenvalue weighted by Crippen LogP contribution is 2.26. The van der Waals surface area contributed by atoms with Crippen molar-refractivity contribution in [3.63, 3.8) is 0 Å². The number of hydrogen-bond acceptors (Lipinski definition) is 2. The van der Waals surface area contributed by atoms with Gasteiger partial charge in [-0.25, -0.2) is 0 Å². The van der Waals surface area contributed by atoms with Crippen molar-refractivity contribution in [2.45, 2.75) is 38.6 Å². The molecule has 0 amide bonds. The van der Waals surface area contributed by atoms with Gasteiger partial charge in [0.25, 0.3) is 0 Å². The summed E-state index contributed by atoms with van der Waals surface area (Å²) in [7, 11) is 0. The number of nitrogens with two attached hydrogens (primary N) is 1. The van der Waals surface area contributed by atoms with E-state index in [2.05, 4.69) is 39.5 Å². The van der Waals surface area contributed by atoms with Gasteiger partial charge in [0, 0.05) is 32.7 Å². The fourth-order valence-electron chi connectivity index (χ4n) is 3.22. The first-order valence-corrected chi connectivity index (χ1v) is 8.64. The van der Waals surface area contributed by atoms with Crippen LogP contribution in [0.3, 0.4) is 0 Å². The molecule has 2 aliphatic rings. The molecule has 1 aliphatic heterocycles. The first-order valence-electron chi connectivity index (χ1n) is 8.64. The second-order valence-corrected chi connectivity index (χ2v) is 6.60. The van der Waals surface area contributed by atoms with Crippen LogP contribution in [0.5, 0.6) is 0 Å². The number of rotatable bonds is 6. The van der Waals surface area contributed by atoms with Gasteiger partial charge < -0.3 is 11.1 Å². The van der Waals surface area contributed by atoms with Gasteiger partial charge >= 0.3 is 0 Å². The van der Waals surface area contributed by atoms with E-state index in [0.717, 1.165) is 38.5 Å². The Kier molecular flexibility index (Phi) is 7.62. The van der Waals surface area contributed by atoms with Crippen molar-refractivity contribution in [1.82, 2.24) is 10.2 Å². The Morgan fingerprint density at radius 2 is 2.04 bits per heavy atom. The van der Waals surface area contributed by atoms with E-state index in [1.807, 2.05) is 0 Å². The lowest BCUT2D eigenvalue weighted by atomic mass is 9.86. The maximum atomic E-state index is 5.91. The fourth-order valence-corrected chi connectivity index (χ4v) is 3.22. The molecule has 0 aromatic heterocycles. The Morgan fingerprint density at radius 3 is 2.78 bits per heavy atom. The van der Waals surface area contributed by atoms with Crippen molar-refractivity contribution in [2.24, 2.45) is 16.6 Å². The van der Waals surface area contributed by atoms with E-state index >= 15 is 0 Å². The molecule has 0 atom stereocenters. The molecule has 1 saturated carbocycles. The van der Waals surface area contributed by atoms with Crippen molar-refractivity contribution in [3.8, 4) is 0 Å². The van der Waals surface area contributed by atoms with E-state index in [-0.39, 0.29) is 24.0 Å². The zero-order chi connectivity index (χ0) is 15.2. The number of fused-ring (bicyclic) bond motifs is 1. The minimum absolute atomic E-state index is 0. The quantitative estimate of drug-likeness (QED) is 0.317. The van der Waals surface area contributed by atoms with Crippen molar-refractivity contribution < 1.29 is 0 Å². The highest BCUT2D eigenvalue weighted by atomic mass is 127. The summed E-state index contributed by atoms with van der Waals surface area (Å²) >= 11 is 0. The first-order chi connectivity index (χ1) is 10.8. The van der Waals surface area contributed by atoms with Crippen molar-refractivity contribution in [3.05, 3.63) is 35.4 Å². The lowest BCUT2D eigenvalue weighted by Crippen LogP contribution is -2.36. The molecule has 1 aromatic carbocycles. The first kappa shape index (κ1) is 18.5. The molecule has 0 radical (unpaired) electrons. The standard InChI is InChI=1S/C18H28N4.HI/c19-18(21-13-15-5-3-6-15)20-10-4-11-22-12-9-16-7-1-2-8-17(16)14-22;/h1-2,7-8,15H,3-6,9-14H2,(H3,19,20,21);1H. The van der Waals surface area contributed by atoms with Crippen LogP contribution in [0.2, 0.25) is 0 Å². The molecule has 3 N–H and O–H groups in total. The van der Waals surface area contributed by atoms with Gasteiger partial charge in [-0.3, -0.25) is 9.89 Å². The fraction of sp³-hybridized carbons (Fsp3) is 0.611. The summed E-state index contributed by atoms with van der Waals surface area (Å²) in [5, 5.41) is 3.25. The number of benzene rings is 1. The summed E-state index contributed by atoms with van der Waals surface area (Å²) in [5.41, 5.74) is 8.92. The smallest absolute Gasteiger partial charge is 0.188 e. The Labute approximate surface area is 156 Å². The van der Waals surface area contributed by atoms with Gasteiger partial charge in [-0.15, -0.1) is 24.0 Å². The molecule has 128 valence electrons. The van der Waals surface area contributed by atoms with Crippen LogP contribution in [0, 0.1) is 5.92 Å². The lowest BCUT2D eigenvalue weighted by Gasteiger charge is -2.28. The summed E-state index contributed by atoms with van der Waals surface area (Å²) < 4.78 is 0. The van der Waals surface area contributed by atoms with Crippen LogP contribution in [0.15, 0.2) is 29.3 Å². The zero-order valence-electron chi connectivity index (χ0n) is 13.8. The van der Waals surface area contributed by atoms with Gasteiger partial charge in [0.2, 0.25) is 0 Å². The van der Waals surface area contributed by atoms with Crippen LogP contribution in [0.4, 0.5) is 0 Å². The monoisotopic (exact) mass is 428 g/mol. The van der Waals surface area contributed by atoms with Crippen LogP contribution < -0.4 is 11.1 Å². The molecule has 5 heteroatoms. The normalized spacial score (nSPS) is 18.7. The molecule has 4 nitrogen and oxygen atoms in total. The van der Waals surface area contributed by atoms with Gasteiger partial charge in [0.05, 0.1) is 0 Å². The largest absolute Gasteiger partial charge is 0.370 e. The van der Waals surface area contributed by atoms with Gasteiger partial charge in [0.15, 0.2) is 5.96 Å². The minimum Gasteiger partial charge on any atom is -0.370 e. The number of guanidine groups is 1. The third-order valence-corrected chi connectivity index (χ3v) is 4.91. The molecular weight excluding hydrogens is 399 g/mol. The van der Waals surface area contributed by atoms with Crippen molar-refractivity contribution in [1.29, 1.82) is 0 Å². The lowest BCUT2D eigenvalue weighted by molar-refractivity contribution is 0.251. The molecular formula is C18H29IN4. The molecule has 0 unspecified atom stereocenters. The number of halogens is 1. The SMILES string of the molecule is I.NC(=NCC1CCC1)NCCCN1CCc2ccccc2C1. The maximum absolute atomic E-state index is 5.91. The van der Waals surface area contributed by atoms with Gasteiger partial charge in [-0.05, 0) is 42.7 Å². The molecule has 0 bridgehead atoms. The molecule has 1 aliphatic carbocycles. The van der Waals surface area contributed by atoms with E-state index in [9.17, 15) is 0 Å². The molecule has 1 aromatic rings. The number of hydrogen-bond donors (Lipinski definition) is 2. The molecule has 23 heavy (non-hydrogen) atoms. The second kappa shape index (κ2) is 9.47. The van der Waals surface area contributed by atoms with Crippen LogP contribution in [0.25, 0.3) is 0 Å². The third-order valence-electron chi connectivity index (χ3n) is 4.91. The van der Waals surface area contributed by atoms with Crippen molar-refractivity contribution >= 4 is 29.9 Å². The van der Waals surface area contributed by atoms with E-state index in [1.165, 1.54) is 43.4 Å². The van der Waals surface area contributed by atoms with Crippen LogP contribution in [-0.2, 0) is 13.0 Å². The minimum atomic E-state index is 0. The molecule has 1 heterocycles. The number of nitrogens with zero attached hydrogens (tertiary/aromatic N) is 2. The Hall–Kier alpha value is -0.820. The summed E-state index contributed by atoms with van der Waals surface area (Å²) in [6.45, 7) is 5.20. The van der Waals surface area contributed by atoms with Crippen LogP contribution in [0.1, 0.15) is 36.8 Å². The van der Waals surface area contributed by atoms with E-state index in [4.69, 9.17) is 5.73 Å². The summed E-state index contributed by atoms with van der Waals surface area (Å²) in [6, 6.07) is 8.80. The maximum Gasteiger partial charge on any atom is 0.188 e. The van der Waals surface area contributed by atoms with Crippen LogP contribution in [-0.4, -0.2) is 37.0 Å². The second-order valence-electron chi connectivity index (χ2n) is 6.60. The molecule has 3 rings (SSSR count). The summed E-state index contributed by atoms with van der Waals surface area (Å²) in [5.74, 6) is 1.41. The topological polar surface area (TPSA) is 53.6 Å². The van der Waals surface area contributed by atoms with Gasteiger partial charge in [-0.2, -0.15) is 0 Å². The average molecular weight is 428 g/mol. The highest BCUT2D eigenvalue weighted by Gasteiger charge is 2.16. The Balaban J connectivity index is 0.00000192. The number of nitrogens with one attached hydrogen (secondary N) is 1. The van der Waals surface area contributed by atoms with Gasteiger partial charge in [-0.1, -0.05) is 30.7 Å².